The molecule has 3 heteroatoms. The van der Waals surface area contributed by atoms with Gasteiger partial charge in [-0.1, -0.05) is 26.0 Å². The van der Waals surface area contributed by atoms with Crippen LogP contribution in [0.15, 0.2) is 18.2 Å². The molecule has 1 aromatic carbocycles. The molecule has 0 spiro atoms. The highest BCUT2D eigenvalue weighted by Crippen LogP contribution is 2.29. The average molecular weight is 238 g/mol. The van der Waals surface area contributed by atoms with Gasteiger partial charge in [0, 0.05) is 6.04 Å². The highest BCUT2D eigenvalue weighted by Gasteiger charge is 2.22. The van der Waals surface area contributed by atoms with Crippen molar-refractivity contribution in [3.05, 3.63) is 35.1 Å². The quantitative estimate of drug-likeness (QED) is 0.827. The minimum Gasteiger partial charge on any atom is -0.330 e. The summed E-state index contributed by atoms with van der Waals surface area (Å²) in [6.07, 6.45) is 0.936. The normalized spacial score (nSPS) is 13.8. The molecule has 0 bridgehead atoms. The molecule has 1 rings (SSSR count). The third-order valence-corrected chi connectivity index (χ3v) is 3.24. The maximum absolute atomic E-state index is 13.2. The lowest BCUT2D eigenvalue weighted by Crippen LogP contribution is -2.30. The van der Waals surface area contributed by atoms with Crippen molar-refractivity contribution in [2.24, 2.45) is 11.1 Å². The fourth-order valence-electron chi connectivity index (χ4n) is 1.91. The number of hydrogen-bond donors (Lipinski definition) is 2. The van der Waals surface area contributed by atoms with Gasteiger partial charge >= 0.3 is 0 Å². The van der Waals surface area contributed by atoms with Crippen molar-refractivity contribution in [2.45, 2.75) is 33.2 Å². The van der Waals surface area contributed by atoms with Gasteiger partial charge in [-0.2, -0.15) is 0 Å². The summed E-state index contributed by atoms with van der Waals surface area (Å²) >= 11 is 0. The second-order valence-electron chi connectivity index (χ2n) is 5.42. The van der Waals surface area contributed by atoms with Crippen LogP contribution in [0.1, 0.15) is 37.4 Å². The van der Waals surface area contributed by atoms with Crippen LogP contribution in [-0.2, 0) is 0 Å². The van der Waals surface area contributed by atoms with E-state index in [4.69, 9.17) is 5.73 Å². The van der Waals surface area contributed by atoms with Crippen LogP contribution in [0.4, 0.5) is 4.39 Å². The third-order valence-electron chi connectivity index (χ3n) is 3.24. The second-order valence-corrected chi connectivity index (χ2v) is 5.42. The summed E-state index contributed by atoms with van der Waals surface area (Å²) in [6, 6.07) is 5.50. The van der Waals surface area contributed by atoms with Crippen molar-refractivity contribution in [3.8, 4) is 0 Å². The van der Waals surface area contributed by atoms with E-state index in [0.29, 0.717) is 12.1 Å². The molecule has 0 aliphatic rings. The Kier molecular flexibility index (Phi) is 4.66. The van der Waals surface area contributed by atoms with E-state index in [2.05, 4.69) is 19.2 Å². The minimum atomic E-state index is -0.151. The van der Waals surface area contributed by atoms with E-state index < -0.39 is 0 Å². The lowest BCUT2D eigenvalue weighted by Gasteiger charge is -2.28. The fraction of sp³-hybridized carbons (Fsp3) is 0.571. The first-order chi connectivity index (χ1) is 7.89. The van der Waals surface area contributed by atoms with Crippen LogP contribution in [0.3, 0.4) is 0 Å². The fourth-order valence-corrected chi connectivity index (χ4v) is 1.91. The van der Waals surface area contributed by atoms with Crippen molar-refractivity contribution < 1.29 is 4.39 Å². The van der Waals surface area contributed by atoms with Crippen molar-refractivity contribution in [3.63, 3.8) is 0 Å². The van der Waals surface area contributed by atoms with Crippen LogP contribution < -0.4 is 11.1 Å². The van der Waals surface area contributed by atoms with E-state index in [1.54, 1.807) is 6.92 Å². The number of rotatable bonds is 5. The van der Waals surface area contributed by atoms with Crippen molar-refractivity contribution >= 4 is 0 Å². The Bertz CT molecular complexity index is 374. The van der Waals surface area contributed by atoms with Crippen LogP contribution in [0.5, 0.6) is 0 Å². The molecule has 3 N–H and O–H groups in total. The maximum atomic E-state index is 13.2. The Hall–Kier alpha value is -0.930. The topological polar surface area (TPSA) is 38.0 Å². The Labute approximate surface area is 103 Å². The number of nitrogens with two attached hydrogens (primary N) is 1. The maximum Gasteiger partial charge on any atom is 0.126 e. The van der Waals surface area contributed by atoms with E-state index in [0.717, 1.165) is 12.0 Å². The summed E-state index contributed by atoms with van der Waals surface area (Å²) < 4.78 is 13.2. The monoisotopic (exact) mass is 238 g/mol. The van der Waals surface area contributed by atoms with E-state index in [1.165, 1.54) is 6.07 Å². The molecule has 0 fully saturated rings. The summed E-state index contributed by atoms with van der Waals surface area (Å²) in [5.74, 6) is -0.151. The van der Waals surface area contributed by atoms with Gasteiger partial charge < -0.3 is 11.1 Å². The standard InChI is InChI=1S/C14H23FN2/c1-10-7-11(5-6-12(10)15)13(17-4)8-14(2,3)9-16/h5-7,13,17H,8-9,16H2,1-4H3. The minimum absolute atomic E-state index is 0.0793. The van der Waals surface area contributed by atoms with E-state index >= 15 is 0 Å². The molecule has 0 radical (unpaired) electrons. The molecular weight excluding hydrogens is 215 g/mol. The van der Waals surface area contributed by atoms with Crippen molar-refractivity contribution in [1.29, 1.82) is 0 Å². The van der Waals surface area contributed by atoms with E-state index in [-0.39, 0.29) is 17.3 Å². The number of halogens is 1. The first kappa shape index (κ1) is 14.1. The molecule has 2 nitrogen and oxygen atoms in total. The molecular formula is C14H23FN2. The summed E-state index contributed by atoms with van der Waals surface area (Å²) in [7, 11) is 1.93. The van der Waals surface area contributed by atoms with Gasteiger partial charge in [-0.25, -0.2) is 4.39 Å². The van der Waals surface area contributed by atoms with Crippen LogP contribution in [0.25, 0.3) is 0 Å². The average Bonchev–Trinajstić information content (AvgIpc) is 2.30. The third kappa shape index (κ3) is 3.79. The van der Waals surface area contributed by atoms with Gasteiger partial charge in [-0.15, -0.1) is 0 Å². The Morgan fingerprint density at radius 2 is 2.06 bits per heavy atom. The zero-order chi connectivity index (χ0) is 13.1. The van der Waals surface area contributed by atoms with Crippen LogP contribution >= 0.6 is 0 Å². The van der Waals surface area contributed by atoms with Gasteiger partial charge in [-0.05, 0) is 49.5 Å². The molecule has 1 unspecified atom stereocenters. The second kappa shape index (κ2) is 5.61. The summed E-state index contributed by atoms with van der Waals surface area (Å²) in [5, 5.41) is 3.28. The molecule has 0 heterocycles. The van der Waals surface area contributed by atoms with Gasteiger partial charge in [0.15, 0.2) is 0 Å². The summed E-state index contributed by atoms with van der Waals surface area (Å²) in [4.78, 5) is 0. The number of aryl methyl sites for hydroxylation is 1. The summed E-state index contributed by atoms with van der Waals surface area (Å²) in [5.41, 5.74) is 7.64. The molecule has 0 amide bonds. The molecule has 0 saturated heterocycles. The van der Waals surface area contributed by atoms with Gasteiger partial charge in [0.25, 0.3) is 0 Å². The van der Waals surface area contributed by atoms with Crippen molar-refractivity contribution in [1.82, 2.24) is 5.32 Å². The van der Waals surface area contributed by atoms with E-state index in [9.17, 15) is 4.39 Å². The first-order valence-corrected chi connectivity index (χ1v) is 6.03. The lowest BCUT2D eigenvalue weighted by molar-refractivity contribution is 0.298. The molecule has 0 aliphatic heterocycles. The molecule has 0 aliphatic carbocycles. The molecule has 96 valence electrons. The predicted molar refractivity (Wildman–Crippen MR) is 70.4 cm³/mol. The van der Waals surface area contributed by atoms with Gasteiger partial charge in [0.2, 0.25) is 0 Å². The molecule has 1 aromatic rings. The van der Waals surface area contributed by atoms with Crippen LogP contribution in [0, 0.1) is 18.2 Å². The zero-order valence-corrected chi connectivity index (χ0v) is 11.2. The molecule has 1 atom stereocenters. The highest BCUT2D eigenvalue weighted by atomic mass is 19.1. The predicted octanol–water partition coefficient (Wildman–Crippen LogP) is 2.77. The first-order valence-electron chi connectivity index (χ1n) is 6.03. The zero-order valence-electron chi connectivity index (χ0n) is 11.2. The van der Waals surface area contributed by atoms with Crippen molar-refractivity contribution in [2.75, 3.05) is 13.6 Å². The number of nitrogens with one attached hydrogen (secondary N) is 1. The molecule has 0 saturated carbocycles. The Morgan fingerprint density at radius 3 is 2.53 bits per heavy atom. The summed E-state index contributed by atoms with van der Waals surface area (Å²) in [6.45, 7) is 6.73. The largest absolute Gasteiger partial charge is 0.330 e. The van der Waals surface area contributed by atoms with Gasteiger partial charge in [0.05, 0.1) is 0 Å². The SMILES string of the molecule is CNC(CC(C)(C)CN)c1ccc(F)c(C)c1. The molecule has 17 heavy (non-hydrogen) atoms. The van der Waals surface area contributed by atoms with Crippen LogP contribution in [0.2, 0.25) is 0 Å². The van der Waals surface area contributed by atoms with Gasteiger partial charge in [-0.3, -0.25) is 0 Å². The van der Waals surface area contributed by atoms with E-state index in [1.807, 2.05) is 19.2 Å². The number of benzene rings is 1. The van der Waals surface area contributed by atoms with Crippen LogP contribution in [-0.4, -0.2) is 13.6 Å². The van der Waals surface area contributed by atoms with Gasteiger partial charge in [0.1, 0.15) is 5.82 Å². The molecule has 0 aromatic heterocycles. The smallest absolute Gasteiger partial charge is 0.126 e. The number of hydrogen-bond acceptors (Lipinski definition) is 2. The highest BCUT2D eigenvalue weighted by molar-refractivity contribution is 5.26. The Morgan fingerprint density at radius 1 is 1.41 bits per heavy atom. The Balaban J connectivity index is 2.90. The lowest BCUT2D eigenvalue weighted by atomic mass is 9.83.